The van der Waals surface area contributed by atoms with Crippen molar-refractivity contribution in [2.24, 2.45) is 5.92 Å². The summed E-state index contributed by atoms with van der Waals surface area (Å²) in [6, 6.07) is 15.8. The molecule has 0 saturated heterocycles. The third-order valence-corrected chi connectivity index (χ3v) is 7.71. The summed E-state index contributed by atoms with van der Waals surface area (Å²) in [6.07, 6.45) is -0.404. The monoisotopic (exact) mass is 604 g/mol. The van der Waals surface area contributed by atoms with Gasteiger partial charge in [0.2, 0.25) is 6.79 Å². The summed E-state index contributed by atoms with van der Waals surface area (Å²) < 4.78 is 17.3. The fraction of sp³-hybridized carbons (Fsp3) is 0.344. The fourth-order valence-electron chi connectivity index (χ4n) is 5.25. The number of fused-ring (bicyclic) bond motifs is 2. The number of hydrogen-bond donors (Lipinski definition) is 4. The van der Waals surface area contributed by atoms with E-state index in [1.54, 1.807) is 72.5 Å². The number of likely N-dealkylation sites (N-methyl/N-ethyl adjacent to an activating group) is 1. The summed E-state index contributed by atoms with van der Waals surface area (Å²) in [5, 5.41) is 24.8. The standard InChI is InChI=1S/C32H36N4O8/c1-19-14-36(20(2)17-37)30(38)24-5-4-6-25(34-32(41)33-23-11-12-26-27(13-23)43-18-42-26)29(24)44-28(19)16-35(3)15-21-7-9-22(10-8-21)31(39)40/h4-13,19-20,28,37H,14-18H2,1-3H3,(H,39,40)(H2,33,34,41)/t19-,20+,28-/m0/s1. The maximum Gasteiger partial charge on any atom is 0.335 e. The predicted molar refractivity (Wildman–Crippen MR) is 163 cm³/mol. The van der Waals surface area contributed by atoms with Crippen molar-refractivity contribution in [2.75, 3.05) is 44.2 Å². The molecule has 232 valence electrons. The molecule has 3 aromatic rings. The number of anilines is 2. The number of hydrogen-bond acceptors (Lipinski definition) is 8. The number of benzene rings is 3. The Labute approximate surface area is 255 Å². The number of amides is 3. The first-order chi connectivity index (χ1) is 21.1. The van der Waals surface area contributed by atoms with Gasteiger partial charge in [-0.15, -0.1) is 0 Å². The molecule has 0 fully saturated rings. The van der Waals surface area contributed by atoms with Crippen molar-refractivity contribution < 1.29 is 38.8 Å². The predicted octanol–water partition coefficient (Wildman–Crippen LogP) is 4.11. The zero-order valence-corrected chi connectivity index (χ0v) is 24.8. The van der Waals surface area contributed by atoms with Crippen LogP contribution in [0.3, 0.4) is 0 Å². The minimum atomic E-state index is -0.981. The molecule has 0 aliphatic carbocycles. The smallest absolute Gasteiger partial charge is 0.335 e. The van der Waals surface area contributed by atoms with Crippen molar-refractivity contribution in [2.45, 2.75) is 32.5 Å². The van der Waals surface area contributed by atoms with Crippen LogP contribution in [0.25, 0.3) is 0 Å². The number of carbonyl (C=O) groups is 3. The molecule has 2 aliphatic rings. The Balaban J connectivity index is 1.39. The number of carboxylic acid groups (broad SMARTS) is 1. The zero-order chi connectivity index (χ0) is 31.4. The van der Waals surface area contributed by atoms with Crippen molar-refractivity contribution in [3.05, 3.63) is 77.4 Å². The van der Waals surface area contributed by atoms with Crippen LogP contribution in [0.5, 0.6) is 17.2 Å². The van der Waals surface area contributed by atoms with Crippen LogP contribution in [0, 0.1) is 5.92 Å². The average Bonchev–Trinajstić information content (AvgIpc) is 3.47. The lowest BCUT2D eigenvalue weighted by Gasteiger charge is -2.38. The molecule has 0 aromatic heterocycles. The summed E-state index contributed by atoms with van der Waals surface area (Å²) in [5.74, 6) is -0.0726. The third kappa shape index (κ3) is 6.87. The largest absolute Gasteiger partial charge is 0.486 e. The molecule has 3 atom stereocenters. The van der Waals surface area contributed by atoms with Crippen molar-refractivity contribution in [1.82, 2.24) is 9.80 Å². The second kappa shape index (κ2) is 13.2. The van der Waals surface area contributed by atoms with Crippen molar-refractivity contribution in [3.63, 3.8) is 0 Å². The van der Waals surface area contributed by atoms with Gasteiger partial charge in [0.25, 0.3) is 5.91 Å². The summed E-state index contributed by atoms with van der Waals surface area (Å²) in [5.41, 5.74) is 2.24. The molecule has 3 aromatic carbocycles. The Kier molecular flexibility index (Phi) is 9.21. The highest BCUT2D eigenvalue weighted by Gasteiger charge is 2.34. The van der Waals surface area contributed by atoms with Gasteiger partial charge in [-0.25, -0.2) is 9.59 Å². The van der Waals surface area contributed by atoms with Crippen LogP contribution in [0.2, 0.25) is 0 Å². The molecule has 12 nitrogen and oxygen atoms in total. The highest BCUT2D eigenvalue weighted by Crippen LogP contribution is 2.36. The summed E-state index contributed by atoms with van der Waals surface area (Å²) in [6.45, 7) is 5.04. The number of carbonyl (C=O) groups excluding carboxylic acids is 2. The highest BCUT2D eigenvalue weighted by atomic mass is 16.7. The van der Waals surface area contributed by atoms with E-state index >= 15 is 0 Å². The van der Waals surface area contributed by atoms with Gasteiger partial charge >= 0.3 is 12.0 Å². The first-order valence-electron chi connectivity index (χ1n) is 14.3. The fourth-order valence-corrected chi connectivity index (χ4v) is 5.25. The molecule has 2 heterocycles. The molecule has 2 aliphatic heterocycles. The molecular formula is C32H36N4O8. The number of ether oxygens (including phenoxy) is 3. The van der Waals surface area contributed by atoms with Gasteiger partial charge in [0.15, 0.2) is 17.2 Å². The van der Waals surface area contributed by atoms with E-state index in [9.17, 15) is 24.6 Å². The lowest BCUT2D eigenvalue weighted by atomic mass is 9.98. The Morgan fingerprint density at radius 1 is 1.07 bits per heavy atom. The van der Waals surface area contributed by atoms with Gasteiger partial charge in [0, 0.05) is 37.3 Å². The van der Waals surface area contributed by atoms with Gasteiger partial charge in [-0.2, -0.15) is 0 Å². The second-order valence-corrected chi connectivity index (χ2v) is 11.2. The maximum absolute atomic E-state index is 13.7. The number of rotatable bonds is 9. The van der Waals surface area contributed by atoms with Crippen LogP contribution in [-0.2, 0) is 6.54 Å². The number of carboxylic acids is 1. The SMILES string of the molecule is C[C@H](CO)N1C[C@H](C)[C@H](CN(C)Cc2ccc(C(=O)O)cc2)Oc2c(NC(=O)Nc3ccc4c(c3)OCO4)cccc2C1=O. The van der Waals surface area contributed by atoms with E-state index in [-0.39, 0.29) is 42.1 Å². The van der Waals surface area contributed by atoms with E-state index in [1.807, 2.05) is 14.0 Å². The number of urea groups is 1. The molecule has 12 heteroatoms. The molecule has 0 saturated carbocycles. The normalized spacial score (nSPS) is 18.1. The first-order valence-corrected chi connectivity index (χ1v) is 14.3. The van der Waals surface area contributed by atoms with Crippen LogP contribution >= 0.6 is 0 Å². The van der Waals surface area contributed by atoms with E-state index in [1.165, 1.54) is 0 Å². The van der Waals surface area contributed by atoms with Crippen LogP contribution in [-0.4, -0.2) is 83.6 Å². The first kappa shape index (κ1) is 30.6. The van der Waals surface area contributed by atoms with Gasteiger partial charge in [-0.05, 0) is 55.9 Å². The van der Waals surface area contributed by atoms with Crippen molar-refractivity contribution >= 4 is 29.3 Å². The second-order valence-electron chi connectivity index (χ2n) is 11.2. The van der Waals surface area contributed by atoms with Crippen LogP contribution in [0.15, 0.2) is 60.7 Å². The number of para-hydroxylation sites is 1. The van der Waals surface area contributed by atoms with Crippen LogP contribution in [0.4, 0.5) is 16.2 Å². The Bertz CT molecular complexity index is 1530. The average molecular weight is 605 g/mol. The van der Waals surface area contributed by atoms with Crippen LogP contribution in [0.1, 0.15) is 40.1 Å². The molecule has 5 rings (SSSR count). The van der Waals surface area contributed by atoms with E-state index < -0.39 is 24.1 Å². The van der Waals surface area contributed by atoms with Gasteiger partial charge < -0.3 is 40.0 Å². The molecule has 3 amide bonds. The number of aliphatic hydroxyl groups is 1. The molecule has 0 bridgehead atoms. The van der Waals surface area contributed by atoms with Gasteiger partial charge in [-0.3, -0.25) is 9.69 Å². The molecule has 0 unspecified atom stereocenters. The Morgan fingerprint density at radius 2 is 1.82 bits per heavy atom. The number of nitrogens with one attached hydrogen (secondary N) is 2. The van der Waals surface area contributed by atoms with E-state index in [0.29, 0.717) is 42.5 Å². The molecule has 4 N–H and O–H groups in total. The number of aromatic carboxylic acids is 1. The Hall–Kier alpha value is -4.81. The molecular weight excluding hydrogens is 568 g/mol. The topological polar surface area (TPSA) is 150 Å². The molecule has 0 radical (unpaired) electrons. The van der Waals surface area contributed by atoms with Gasteiger partial charge in [0.1, 0.15) is 6.10 Å². The number of aliphatic hydroxyl groups excluding tert-OH is 1. The minimum Gasteiger partial charge on any atom is -0.486 e. The van der Waals surface area contributed by atoms with Crippen LogP contribution < -0.4 is 24.8 Å². The molecule has 44 heavy (non-hydrogen) atoms. The zero-order valence-electron chi connectivity index (χ0n) is 24.8. The third-order valence-electron chi connectivity index (χ3n) is 7.71. The lowest BCUT2D eigenvalue weighted by molar-refractivity contribution is 0.0343. The van der Waals surface area contributed by atoms with E-state index in [0.717, 1.165) is 5.56 Å². The maximum atomic E-state index is 13.7. The minimum absolute atomic E-state index is 0.115. The quantitative estimate of drug-likeness (QED) is 0.283. The summed E-state index contributed by atoms with van der Waals surface area (Å²) >= 11 is 0. The van der Waals surface area contributed by atoms with Crippen molar-refractivity contribution in [1.29, 1.82) is 0 Å². The van der Waals surface area contributed by atoms with Gasteiger partial charge in [0.05, 0.1) is 29.5 Å². The lowest BCUT2D eigenvalue weighted by Crippen LogP contribution is -2.49. The van der Waals surface area contributed by atoms with Crippen molar-refractivity contribution in [3.8, 4) is 17.2 Å². The molecule has 0 spiro atoms. The van der Waals surface area contributed by atoms with Gasteiger partial charge in [-0.1, -0.05) is 25.1 Å². The highest BCUT2D eigenvalue weighted by molar-refractivity contribution is 6.04. The van der Waals surface area contributed by atoms with E-state index in [2.05, 4.69) is 15.5 Å². The summed E-state index contributed by atoms with van der Waals surface area (Å²) in [7, 11) is 1.93. The van der Waals surface area contributed by atoms with E-state index in [4.69, 9.17) is 14.2 Å². The Morgan fingerprint density at radius 3 is 2.55 bits per heavy atom. The summed E-state index contributed by atoms with van der Waals surface area (Å²) in [4.78, 5) is 41.8. The number of nitrogens with zero attached hydrogens (tertiary/aromatic N) is 2.